The Labute approximate surface area is 209 Å². The zero-order valence-electron chi connectivity index (χ0n) is 18.6. The molecular formula is C22H21ClN4O5S2. The first-order valence-corrected chi connectivity index (χ1v) is 12.0. The van der Waals surface area contributed by atoms with Crippen LogP contribution >= 0.6 is 34.7 Å². The summed E-state index contributed by atoms with van der Waals surface area (Å²) in [5.74, 6) is -1.14. The topological polar surface area (TPSA) is 112 Å². The normalized spacial score (nSPS) is 10.6. The Hall–Kier alpha value is -3.15. The molecule has 34 heavy (non-hydrogen) atoms. The summed E-state index contributed by atoms with van der Waals surface area (Å²) in [6.45, 7) is 5.78. The van der Waals surface area contributed by atoms with Crippen LogP contribution in [-0.2, 0) is 20.8 Å². The predicted octanol–water partition coefficient (Wildman–Crippen LogP) is 4.46. The number of carbonyl (C=O) groups excluding carboxylic acids is 3. The lowest BCUT2D eigenvalue weighted by Crippen LogP contribution is -2.16. The van der Waals surface area contributed by atoms with Crippen molar-refractivity contribution in [3.05, 3.63) is 57.9 Å². The van der Waals surface area contributed by atoms with Gasteiger partial charge in [0.2, 0.25) is 5.91 Å². The molecule has 0 unspecified atom stereocenters. The minimum atomic E-state index is -0.665. The van der Waals surface area contributed by atoms with Gasteiger partial charge in [-0.05, 0) is 24.6 Å². The van der Waals surface area contributed by atoms with Gasteiger partial charge in [-0.2, -0.15) is 0 Å². The largest absolute Gasteiger partial charge is 0.465 e. The third kappa shape index (κ3) is 5.32. The van der Waals surface area contributed by atoms with E-state index in [1.54, 1.807) is 23.6 Å². The molecule has 1 amide bonds. The van der Waals surface area contributed by atoms with Crippen LogP contribution in [0.4, 0.5) is 5.00 Å². The highest BCUT2D eigenvalue weighted by atomic mass is 35.5. The second kappa shape index (κ2) is 11.3. The molecule has 1 aromatic carbocycles. The van der Waals surface area contributed by atoms with Crippen molar-refractivity contribution in [3.8, 4) is 11.4 Å². The van der Waals surface area contributed by atoms with E-state index in [1.807, 2.05) is 18.2 Å². The first-order chi connectivity index (χ1) is 16.3. The molecule has 3 rings (SSSR count). The molecular weight excluding hydrogens is 500 g/mol. The highest BCUT2D eigenvalue weighted by molar-refractivity contribution is 7.99. The molecule has 1 N–H and O–H groups in total. The van der Waals surface area contributed by atoms with Crippen LogP contribution in [0, 0.1) is 6.92 Å². The van der Waals surface area contributed by atoms with Gasteiger partial charge in [0.05, 0.1) is 30.6 Å². The summed E-state index contributed by atoms with van der Waals surface area (Å²) in [6, 6.07) is 7.26. The van der Waals surface area contributed by atoms with Crippen LogP contribution in [0.15, 0.2) is 42.1 Å². The van der Waals surface area contributed by atoms with E-state index < -0.39 is 17.8 Å². The van der Waals surface area contributed by atoms with E-state index in [-0.39, 0.29) is 21.2 Å². The zero-order chi connectivity index (χ0) is 24.8. The molecule has 0 atom stereocenters. The maximum atomic E-state index is 12.7. The van der Waals surface area contributed by atoms with Crippen molar-refractivity contribution in [2.24, 2.45) is 0 Å². The number of hydrogen-bond donors (Lipinski definition) is 1. The molecule has 12 heteroatoms. The number of anilines is 1. The van der Waals surface area contributed by atoms with Gasteiger partial charge in [-0.3, -0.25) is 9.36 Å². The van der Waals surface area contributed by atoms with Crippen molar-refractivity contribution in [2.45, 2.75) is 18.6 Å². The van der Waals surface area contributed by atoms with Crippen LogP contribution in [0.3, 0.4) is 0 Å². The van der Waals surface area contributed by atoms with E-state index in [4.69, 9.17) is 21.1 Å². The van der Waals surface area contributed by atoms with Crippen molar-refractivity contribution in [1.29, 1.82) is 0 Å². The minimum absolute atomic E-state index is 0.0249. The number of hydrogen-bond acceptors (Lipinski definition) is 9. The monoisotopic (exact) mass is 520 g/mol. The highest BCUT2D eigenvalue weighted by Crippen LogP contribution is 2.35. The number of aromatic nitrogens is 3. The number of thioether (sulfide) groups is 1. The van der Waals surface area contributed by atoms with E-state index in [2.05, 4.69) is 22.1 Å². The Morgan fingerprint density at radius 1 is 1.21 bits per heavy atom. The number of benzene rings is 1. The summed E-state index contributed by atoms with van der Waals surface area (Å²) < 4.78 is 11.4. The summed E-state index contributed by atoms with van der Waals surface area (Å²) in [5.41, 5.74) is 1.20. The summed E-state index contributed by atoms with van der Waals surface area (Å²) in [7, 11) is 2.46. The van der Waals surface area contributed by atoms with Gasteiger partial charge >= 0.3 is 11.9 Å². The number of methoxy groups -OCH3 is 2. The number of ether oxygens (including phenoxy) is 2. The summed E-state index contributed by atoms with van der Waals surface area (Å²) in [4.78, 5) is 37.2. The van der Waals surface area contributed by atoms with E-state index >= 15 is 0 Å². The zero-order valence-corrected chi connectivity index (χ0v) is 21.0. The summed E-state index contributed by atoms with van der Waals surface area (Å²) >= 11 is 8.42. The van der Waals surface area contributed by atoms with Gasteiger partial charge in [0.25, 0.3) is 0 Å². The van der Waals surface area contributed by atoms with Crippen LogP contribution in [0.1, 0.15) is 25.6 Å². The Morgan fingerprint density at radius 3 is 2.56 bits per heavy atom. The average molecular weight is 521 g/mol. The molecule has 0 bridgehead atoms. The number of halogens is 1. The number of nitrogens with one attached hydrogen (secondary N) is 1. The minimum Gasteiger partial charge on any atom is -0.465 e. The van der Waals surface area contributed by atoms with E-state index in [9.17, 15) is 14.4 Å². The Morgan fingerprint density at radius 2 is 1.91 bits per heavy atom. The number of amides is 1. The second-order valence-electron chi connectivity index (χ2n) is 6.77. The number of nitrogens with zero attached hydrogens (tertiary/aromatic N) is 3. The molecule has 0 aliphatic rings. The van der Waals surface area contributed by atoms with E-state index in [0.717, 1.165) is 23.1 Å². The molecule has 2 aromatic heterocycles. The number of carbonyl (C=O) groups is 3. The maximum absolute atomic E-state index is 12.7. The van der Waals surface area contributed by atoms with Crippen LogP contribution < -0.4 is 5.32 Å². The molecule has 0 saturated carbocycles. The molecule has 0 fully saturated rings. The van der Waals surface area contributed by atoms with Crippen molar-refractivity contribution in [1.82, 2.24) is 14.8 Å². The summed E-state index contributed by atoms with van der Waals surface area (Å²) in [6.07, 6.45) is 1.69. The molecule has 3 aromatic rings. The van der Waals surface area contributed by atoms with Gasteiger partial charge in [0.1, 0.15) is 9.88 Å². The molecule has 0 radical (unpaired) electrons. The lowest BCUT2D eigenvalue weighted by molar-refractivity contribution is -0.113. The fourth-order valence-electron chi connectivity index (χ4n) is 3.06. The van der Waals surface area contributed by atoms with E-state index in [0.29, 0.717) is 33.7 Å². The number of rotatable bonds is 9. The average Bonchev–Trinajstić information content (AvgIpc) is 3.37. The van der Waals surface area contributed by atoms with Gasteiger partial charge in [-0.25, -0.2) is 9.59 Å². The number of allylic oxidation sites excluding steroid dienone is 1. The molecule has 0 aliphatic heterocycles. The smallest absolute Gasteiger partial charge is 0.348 e. The molecule has 2 heterocycles. The Bertz CT molecular complexity index is 1250. The standard InChI is InChI=1S/C22H21ClN4O5S2/c1-5-10-27-18(13-8-6-7-9-14(13)23)25-26-22(27)33-11-15(28)24-19-16(20(29)31-3)12(2)17(34-19)21(30)32-4/h5-9H,1,10-11H2,2-4H3,(H,24,28). The first kappa shape index (κ1) is 25.5. The van der Waals surface area contributed by atoms with Gasteiger partial charge in [0, 0.05) is 12.1 Å². The quantitative estimate of drug-likeness (QED) is 0.250. The van der Waals surface area contributed by atoms with Crippen LogP contribution in [0.5, 0.6) is 0 Å². The van der Waals surface area contributed by atoms with Gasteiger partial charge in [0.15, 0.2) is 11.0 Å². The third-order valence-corrected chi connectivity index (χ3v) is 7.12. The molecule has 9 nitrogen and oxygen atoms in total. The lowest BCUT2D eigenvalue weighted by Gasteiger charge is -2.09. The molecule has 178 valence electrons. The van der Waals surface area contributed by atoms with Gasteiger partial charge in [-0.15, -0.1) is 28.1 Å². The van der Waals surface area contributed by atoms with E-state index in [1.165, 1.54) is 14.2 Å². The van der Waals surface area contributed by atoms with Crippen molar-refractivity contribution in [3.63, 3.8) is 0 Å². The number of esters is 2. The Balaban J connectivity index is 1.81. The fourth-order valence-corrected chi connectivity index (χ4v) is 5.16. The van der Waals surface area contributed by atoms with Crippen molar-refractivity contribution in [2.75, 3.05) is 25.3 Å². The molecule has 0 aliphatic carbocycles. The second-order valence-corrected chi connectivity index (χ2v) is 9.14. The predicted molar refractivity (Wildman–Crippen MR) is 132 cm³/mol. The highest BCUT2D eigenvalue weighted by Gasteiger charge is 2.27. The number of thiophene rings is 1. The maximum Gasteiger partial charge on any atom is 0.348 e. The molecule has 0 saturated heterocycles. The van der Waals surface area contributed by atoms with Crippen molar-refractivity contribution < 1.29 is 23.9 Å². The Kier molecular flexibility index (Phi) is 8.48. The lowest BCUT2D eigenvalue weighted by atomic mass is 10.1. The van der Waals surface area contributed by atoms with Gasteiger partial charge < -0.3 is 14.8 Å². The van der Waals surface area contributed by atoms with Crippen LogP contribution in [-0.4, -0.2) is 52.6 Å². The summed E-state index contributed by atoms with van der Waals surface area (Å²) in [5, 5.41) is 12.4. The fraction of sp³-hybridized carbons (Fsp3) is 0.227. The van der Waals surface area contributed by atoms with Crippen LogP contribution in [0.2, 0.25) is 5.02 Å². The van der Waals surface area contributed by atoms with Crippen molar-refractivity contribution >= 4 is 57.5 Å². The SMILES string of the molecule is C=CCn1c(SCC(=O)Nc2sc(C(=O)OC)c(C)c2C(=O)OC)nnc1-c1ccccc1Cl. The van der Waals surface area contributed by atoms with Gasteiger partial charge in [-0.1, -0.05) is 41.6 Å². The van der Waals surface area contributed by atoms with Crippen LogP contribution in [0.25, 0.3) is 11.4 Å². The molecule has 0 spiro atoms. The first-order valence-electron chi connectivity index (χ1n) is 9.84. The third-order valence-electron chi connectivity index (χ3n) is 4.64.